The lowest BCUT2D eigenvalue weighted by molar-refractivity contribution is -0.139. The van der Waals surface area contributed by atoms with Crippen LogP contribution in [0.25, 0.3) is 0 Å². The minimum absolute atomic E-state index is 0.314. The largest absolute Gasteiger partial charge is 0.482 e. The second-order valence-electron chi connectivity index (χ2n) is 4.22. The number of aliphatic carboxylic acids is 1. The van der Waals surface area contributed by atoms with E-state index in [9.17, 15) is 14.4 Å². The Morgan fingerprint density at radius 1 is 1.00 bits per heavy atom. The molecule has 0 atom stereocenters. The zero-order chi connectivity index (χ0) is 16.8. The van der Waals surface area contributed by atoms with E-state index in [0.29, 0.717) is 11.4 Å². The van der Waals surface area contributed by atoms with Gasteiger partial charge in [-0.05, 0) is 24.3 Å². The van der Waals surface area contributed by atoms with Gasteiger partial charge in [-0.2, -0.15) is 0 Å². The molecule has 0 fully saturated rings. The molecule has 9 nitrogen and oxygen atoms in total. The predicted molar refractivity (Wildman–Crippen MR) is 76.5 cm³/mol. The zero-order valence-corrected chi connectivity index (χ0v) is 11.6. The highest BCUT2D eigenvalue weighted by atomic mass is 16.5. The average Bonchev–Trinajstić information content (AvgIpc) is 2.54. The number of carboxylic acid groups (broad SMARTS) is 2. The van der Waals surface area contributed by atoms with E-state index in [2.05, 4.69) is 15.3 Å². The summed E-state index contributed by atoms with van der Waals surface area (Å²) < 4.78 is 4.95. The molecule has 2 rings (SSSR count). The minimum atomic E-state index is -1.36. The lowest BCUT2D eigenvalue weighted by Gasteiger charge is -2.07. The maximum absolute atomic E-state index is 12.1. The third kappa shape index (κ3) is 4.24. The van der Waals surface area contributed by atoms with Crippen LogP contribution in [0.5, 0.6) is 5.75 Å². The summed E-state index contributed by atoms with van der Waals surface area (Å²) in [6.07, 6.45) is 2.39. The van der Waals surface area contributed by atoms with Crippen LogP contribution < -0.4 is 10.1 Å². The van der Waals surface area contributed by atoms with E-state index in [1.54, 1.807) is 0 Å². The van der Waals surface area contributed by atoms with Gasteiger partial charge in [0.1, 0.15) is 5.75 Å². The molecular formula is C14H11N3O6. The van der Waals surface area contributed by atoms with E-state index in [-0.39, 0.29) is 5.69 Å². The Bertz CT molecular complexity index is 744. The normalized spacial score (nSPS) is 9.91. The molecular weight excluding hydrogens is 306 g/mol. The van der Waals surface area contributed by atoms with Crippen molar-refractivity contribution in [3.63, 3.8) is 0 Å². The quantitative estimate of drug-likeness (QED) is 0.714. The van der Waals surface area contributed by atoms with Gasteiger partial charge in [0.2, 0.25) is 0 Å². The number of amides is 1. The van der Waals surface area contributed by atoms with Crippen molar-refractivity contribution in [3.05, 3.63) is 48.0 Å². The highest BCUT2D eigenvalue weighted by Crippen LogP contribution is 2.16. The van der Waals surface area contributed by atoms with Gasteiger partial charge in [0.15, 0.2) is 18.0 Å². The molecule has 1 heterocycles. The Morgan fingerprint density at radius 2 is 1.61 bits per heavy atom. The Kier molecular flexibility index (Phi) is 4.82. The molecule has 0 aliphatic carbocycles. The van der Waals surface area contributed by atoms with Crippen molar-refractivity contribution in [3.8, 4) is 5.75 Å². The molecule has 0 saturated heterocycles. The first-order valence-electron chi connectivity index (χ1n) is 6.27. The van der Waals surface area contributed by atoms with Gasteiger partial charge in [-0.1, -0.05) is 0 Å². The van der Waals surface area contributed by atoms with E-state index >= 15 is 0 Å². The summed E-state index contributed by atoms with van der Waals surface area (Å²) >= 11 is 0. The van der Waals surface area contributed by atoms with E-state index < -0.39 is 30.1 Å². The number of rotatable bonds is 6. The number of carbonyl (C=O) groups is 3. The van der Waals surface area contributed by atoms with Crippen LogP contribution in [0, 0.1) is 0 Å². The molecule has 3 N–H and O–H groups in total. The molecule has 0 spiro atoms. The summed E-state index contributed by atoms with van der Waals surface area (Å²) in [5.74, 6) is -2.88. The van der Waals surface area contributed by atoms with Crippen LogP contribution >= 0.6 is 0 Å². The first-order chi connectivity index (χ1) is 11.0. The molecule has 1 aromatic heterocycles. The third-order valence-electron chi connectivity index (χ3n) is 2.59. The molecule has 9 heteroatoms. The Labute approximate surface area is 129 Å². The van der Waals surface area contributed by atoms with Crippen LogP contribution in [-0.2, 0) is 4.79 Å². The van der Waals surface area contributed by atoms with Crippen molar-refractivity contribution in [2.24, 2.45) is 0 Å². The topological polar surface area (TPSA) is 139 Å². The standard InChI is InChI=1S/C14H11N3O6/c18-10(19)7-23-9-3-1-8(2-4-9)17-13(20)11-12(14(21)22)16-6-5-15-11/h1-6H,7H2,(H,17,20)(H,18,19)(H,21,22). The van der Waals surface area contributed by atoms with E-state index in [1.165, 1.54) is 36.7 Å². The number of nitrogens with one attached hydrogen (secondary N) is 1. The van der Waals surface area contributed by atoms with Crippen LogP contribution in [0.4, 0.5) is 5.69 Å². The van der Waals surface area contributed by atoms with Crippen LogP contribution in [0.3, 0.4) is 0 Å². The fourth-order valence-electron chi connectivity index (χ4n) is 1.63. The molecule has 118 valence electrons. The molecule has 1 aromatic carbocycles. The number of ether oxygens (including phenoxy) is 1. The van der Waals surface area contributed by atoms with E-state index in [1.807, 2.05) is 0 Å². The molecule has 0 unspecified atom stereocenters. The Hall–Kier alpha value is -3.49. The highest BCUT2D eigenvalue weighted by Gasteiger charge is 2.19. The van der Waals surface area contributed by atoms with Crippen molar-refractivity contribution in [1.29, 1.82) is 0 Å². The van der Waals surface area contributed by atoms with Crippen molar-refractivity contribution in [2.75, 3.05) is 11.9 Å². The van der Waals surface area contributed by atoms with E-state index in [4.69, 9.17) is 14.9 Å². The van der Waals surface area contributed by atoms with Gasteiger partial charge in [0.05, 0.1) is 0 Å². The van der Waals surface area contributed by atoms with E-state index in [0.717, 1.165) is 0 Å². The molecule has 0 radical (unpaired) electrons. The van der Waals surface area contributed by atoms with Gasteiger partial charge < -0.3 is 20.3 Å². The minimum Gasteiger partial charge on any atom is -0.482 e. The maximum Gasteiger partial charge on any atom is 0.356 e. The third-order valence-corrected chi connectivity index (χ3v) is 2.59. The number of hydrogen-bond donors (Lipinski definition) is 3. The number of nitrogens with zero attached hydrogens (tertiary/aromatic N) is 2. The monoisotopic (exact) mass is 317 g/mol. The van der Waals surface area contributed by atoms with Crippen LogP contribution in [-0.4, -0.2) is 44.6 Å². The van der Waals surface area contributed by atoms with Gasteiger partial charge in [0.25, 0.3) is 5.91 Å². The van der Waals surface area contributed by atoms with Gasteiger partial charge in [-0.3, -0.25) is 4.79 Å². The summed E-state index contributed by atoms with van der Waals surface area (Å²) in [6.45, 7) is -0.479. The first-order valence-corrected chi connectivity index (χ1v) is 6.27. The fourth-order valence-corrected chi connectivity index (χ4v) is 1.63. The number of carboxylic acids is 2. The summed E-state index contributed by atoms with van der Waals surface area (Å²) in [7, 11) is 0. The first kappa shape index (κ1) is 15.9. The van der Waals surface area contributed by atoms with Gasteiger partial charge in [0, 0.05) is 18.1 Å². The SMILES string of the molecule is O=C(O)COc1ccc(NC(=O)c2nccnc2C(=O)O)cc1. The van der Waals surface area contributed by atoms with Crippen molar-refractivity contribution in [1.82, 2.24) is 9.97 Å². The number of benzene rings is 1. The number of aromatic carboxylic acids is 1. The highest BCUT2D eigenvalue weighted by molar-refractivity contribution is 6.08. The fraction of sp³-hybridized carbons (Fsp3) is 0.0714. The van der Waals surface area contributed by atoms with Crippen molar-refractivity contribution < 1.29 is 29.3 Å². The van der Waals surface area contributed by atoms with Crippen LogP contribution in [0.1, 0.15) is 21.0 Å². The van der Waals surface area contributed by atoms with Crippen LogP contribution in [0.2, 0.25) is 0 Å². The molecule has 0 aliphatic rings. The Balaban J connectivity index is 2.09. The number of aromatic nitrogens is 2. The second kappa shape index (κ2) is 6.98. The maximum atomic E-state index is 12.1. The lowest BCUT2D eigenvalue weighted by Crippen LogP contribution is -2.19. The molecule has 0 saturated carbocycles. The summed E-state index contributed by atoms with van der Waals surface area (Å²) in [5, 5.41) is 19.9. The zero-order valence-electron chi connectivity index (χ0n) is 11.6. The number of carbonyl (C=O) groups excluding carboxylic acids is 1. The molecule has 0 bridgehead atoms. The molecule has 2 aromatic rings. The lowest BCUT2D eigenvalue weighted by atomic mass is 10.2. The smallest absolute Gasteiger partial charge is 0.356 e. The van der Waals surface area contributed by atoms with Crippen molar-refractivity contribution in [2.45, 2.75) is 0 Å². The summed E-state index contributed by atoms with van der Waals surface area (Å²) in [6, 6.07) is 5.89. The van der Waals surface area contributed by atoms with Gasteiger partial charge in [-0.25, -0.2) is 19.6 Å². The molecule has 0 aliphatic heterocycles. The predicted octanol–water partition coefficient (Wildman–Crippen LogP) is 0.890. The number of hydrogen-bond acceptors (Lipinski definition) is 6. The van der Waals surface area contributed by atoms with Gasteiger partial charge in [-0.15, -0.1) is 0 Å². The van der Waals surface area contributed by atoms with Crippen LogP contribution in [0.15, 0.2) is 36.7 Å². The average molecular weight is 317 g/mol. The Morgan fingerprint density at radius 3 is 2.17 bits per heavy atom. The molecule has 23 heavy (non-hydrogen) atoms. The summed E-state index contributed by atoms with van der Waals surface area (Å²) in [4.78, 5) is 40.8. The molecule has 1 amide bonds. The second-order valence-corrected chi connectivity index (χ2v) is 4.22. The van der Waals surface area contributed by atoms with Gasteiger partial charge >= 0.3 is 11.9 Å². The summed E-state index contributed by atoms with van der Waals surface area (Å²) in [5.41, 5.74) is -0.405. The van der Waals surface area contributed by atoms with Crippen molar-refractivity contribution >= 4 is 23.5 Å². The number of anilines is 1.